The molecule has 2 aliphatic rings. The van der Waals surface area contributed by atoms with Crippen LogP contribution in [0.4, 0.5) is 0 Å². The SMILES string of the molecule is OCC(c1ccccc1)N1CC2CCCC2C1. The van der Waals surface area contributed by atoms with Crippen molar-refractivity contribution in [2.24, 2.45) is 11.8 Å². The van der Waals surface area contributed by atoms with Crippen molar-refractivity contribution in [3.8, 4) is 0 Å². The zero-order chi connectivity index (χ0) is 11.7. The molecule has 2 heteroatoms. The lowest BCUT2D eigenvalue weighted by atomic mass is 10.0. The molecule has 1 saturated carbocycles. The number of likely N-dealkylation sites (tertiary alicyclic amines) is 1. The largest absolute Gasteiger partial charge is 0.394 e. The predicted molar refractivity (Wildman–Crippen MR) is 68.7 cm³/mol. The molecule has 1 saturated heterocycles. The van der Waals surface area contributed by atoms with Gasteiger partial charge in [-0.25, -0.2) is 0 Å². The predicted octanol–water partition coefficient (Wildman–Crippen LogP) is 2.45. The summed E-state index contributed by atoms with van der Waals surface area (Å²) in [6, 6.07) is 10.6. The molecule has 1 aromatic rings. The normalized spacial score (nSPS) is 30.4. The Hall–Kier alpha value is -0.860. The first-order valence-electron chi connectivity index (χ1n) is 6.78. The Morgan fingerprint density at radius 2 is 1.76 bits per heavy atom. The maximum atomic E-state index is 9.66. The van der Waals surface area contributed by atoms with Crippen LogP contribution in [0.1, 0.15) is 30.9 Å². The lowest BCUT2D eigenvalue weighted by Crippen LogP contribution is -2.29. The lowest BCUT2D eigenvalue weighted by molar-refractivity contribution is 0.138. The second-order valence-electron chi connectivity index (χ2n) is 5.51. The van der Waals surface area contributed by atoms with Gasteiger partial charge in [0.1, 0.15) is 0 Å². The minimum Gasteiger partial charge on any atom is -0.394 e. The van der Waals surface area contributed by atoms with Crippen molar-refractivity contribution in [2.45, 2.75) is 25.3 Å². The molecule has 2 nitrogen and oxygen atoms in total. The van der Waals surface area contributed by atoms with Gasteiger partial charge in [0.15, 0.2) is 0 Å². The minimum absolute atomic E-state index is 0.210. The smallest absolute Gasteiger partial charge is 0.0628 e. The van der Waals surface area contributed by atoms with Gasteiger partial charge in [-0.3, -0.25) is 4.90 Å². The zero-order valence-corrected chi connectivity index (χ0v) is 10.3. The quantitative estimate of drug-likeness (QED) is 0.863. The van der Waals surface area contributed by atoms with Crippen LogP contribution in [-0.4, -0.2) is 29.7 Å². The Bertz CT molecular complexity index is 352. The van der Waals surface area contributed by atoms with Crippen LogP contribution in [0.15, 0.2) is 30.3 Å². The number of aliphatic hydroxyl groups excluding tert-OH is 1. The van der Waals surface area contributed by atoms with Gasteiger partial charge in [0.25, 0.3) is 0 Å². The van der Waals surface area contributed by atoms with Crippen LogP contribution in [0.25, 0.3) is 0 Å². The molecule has 0 aromatic heterocycles. The third-order valence-electron chi connectivity index (χ3n) is 4.55. The maximum Gasteiger partial charge on any atom is 0.0628 e. The number of rotatable bonds is 3. The third kappa shape index (κ3) is 2.12. The molecule has 1 heterocycles. The molecule has 0 spiro atoms. The molecule has 17 heavy (non-hydrogen) atoms. The Balaban J connectivity index is 1.74. The summed E-state index contributed by atoms with van der Waals surface area (Å²) in [5.74, 6) is 1.79. The molecule has 0 bridgehead atoms. The van der Waals surface area contributed by atoms with Gasteiger partial charge in [-0.1, -0.05) is 36.8 Å². The summed E-state index contributed by atoms with van der Waals surface area (Å²) in [7, 11) is 0. The number of aliphatic hydroxyl groups is 1. The van der Waals surface area contributed by atoms with Crippen molar-refractivity contribution >= 4 is 0 Å². The molecular formula is C15H21NO. The zero-order valence-electron chi connectivity index (χ0n) is 10.3. The second kappa shape index (κ2) is 4.79. The maximum absolute atomic E-state index is 9.66. The summed E-state index contributed by atoms with van der Waals surface area (Å²) >= 11 is 0. The molecule has 1 aliphatic carbocycles. The number of hydrogen-bond acceptors (Lipinski definition) is 2. The summed E-state index contributed by atoms with van der Waals surface area (Å²) in [6.45, 7) is 2.61. The molecule has 0 radical (unpaired) electrons. The van der Waals surface area contributed by atoms with Crippen LogP contribution in [0, 0.1) is 11.8 Å². The van der Waals surface area contributed by atoms with E-state index in [-0.39, 0.29) is 12.6 Å². The van der Waals surface area contributed by atoms with Crippen LogP contribution in [0.3, 0.4) is 0 Å². The summed E-state index contributed by atoms with van der Waals surface area (Å²) < 4.78 is 0. The number of fused-ring (bicyclic) bond motifs is 1. The van der Waals surface area contributed by atoms with Gasteiger partial charge in [0.2, 0.25) is 0 Å². The van der Waals surface area contributed by atoms with E-state index in [1.807, 2.05) is 6.07 Å². The number of nitrogens with zero attached hydrogens (tertiary/aromatic N) is 1. The van der Waals surface area contributed by atoms with Gasteiger partial charge in [0, 0.05) is 13.1 Å². The highest BCUT2D eigenvalue weighted by molar-refractivity contribution is 5.19. The molecule has 3 rings (SSSR count). The molecule has 92 valence electrons. The van der Waals surface area contributed by atoms with E-state index in [9.17, 15) is 5.11 Å². The third-order valence-corrected chi connectivity index (χ3v) is 4.55. The van der Waals surface area contributed by atoms with E-state index < -0.39 is 0 Å². The minimum atomic E-state index is 0.210. The van der Waals surface area contributed by atoms with Gasteiger partial charge < -0.3 is 5.11 Å². The van der Waals surface area contributed by atoms with Crippen LogP contribution in [-0.2, 0) is 0 Å². The molecule has 3 unspecified atom stereocenters. The first kappa shape index (κ1) is 11.2. The molecule has 1 N–H and O–H groups in total. The lowest BCUT2D eigenvalue weighted by Gasteiger charge is -2.27. The van der Waals surface area contributed by atoms with Gasteiger partial charge >= 0.3 is 0 Å². The second-order valence-corrected chi connectivity index (χ2v) is 5.51. The van der Waals surface area contributed by atoms with E-state index in [2.05, 4.69) is 29.2 Å². The molecule has 1 aromatic carbocycles. The Labute approximate surface area is 103 Å². The van der Waals surface area contributed by atoms with Crippen LogP contribution in [0.5, 0.6) is 0 Å². The van der Waals surface area contributed by atoms with Gasteiger partial charge in [-0.05, 0) is 30.2 Å². The Kier molecular flexibility index (Phi) is 3.17. The summed E-state index contributed by atoms with van der Waals surface area (Å²) in [4.78, 5) is 2.49. The van der Waals surface area contributed by atoms with Gasteiger partial charge in [-0.2, -0.15) is 0 Å². The van der Waals surface area contributed by atoms with E-state index in [1.54, 1.807) is 0 Å². The van der Waals surface area contributed by atoms with E-state index in [0.717, 1.165) is 11.8 Å². The Morgan fingerprint density at radius 1 is 1.12 bits per heavy atom. The van der Waals surface area contributed by atoms with Crippen LogP contribution >= 0.6 is 0 Å². The fourth-order valence-electron chi connectivity index (χ4n) is 3.63. The Morgan fingerprint density at radius 3 is 2.35 bits per heavy atom. The topological polar surface area (TPSA) is 23.5 Å². The van der Waals surface area contributed by atoms with Gasteiger partial charge in [-0.15, -0.1) is 0 Å². The number of hydrogen-bond donors (Lipinski definition) is 1. The molecule has 3 atom stereocenters. The van der Waals surface area contributed by atoms with E-state index >= 15 is 0 Å². The fraction of sp³-hybridized carbons (Fsp3) is 0.600. The van der Waals surface area contributed by atoms with Crippen molar-refractivity contribution in [3.05, 3.63) is 35.9 Å². The van der Waals surface area contributed by atoms with Crippen LogP contribution in [0.2, 0.25) is 0 Å². The van der Waals surface area contributed by atoms with Crippen molar-refractivity contribution in [3.63, 3.8) is 0 Å². The van der Waals surface area contributed by atoms with Crippen molar-refractivity contribution < 1.29 is 5.11 Å². The van der Waals surface area contributed by atoms with E-state index in [0.29, 0.717) is 0 Å². The standard InChI is InChI=1S/C15H21NO/c17-11-15(12-5-2-1-3-6-12)16-9-13-7-4-8-14(13)10-16/h1-3,5-6,13-15,17H,4,7-11H2. The highest BCUT2D eigenvalue weighted by atomic mass is 16.3. The monoisotopic (exact) mass is 231 g/mol. The molecule has 0 amide bonds. The van der Waals surface area contributed by atoms with Gasteiger partial charge in [0.05, 0.1) is 12.6 Å². The first-order chi connectivity index (χ1) is 8.38. The summed E-state index contributed by atoms with van der Waals surface area (Å²) in [5, 5.41) is 9.66. The summed E-state index contributed by atoms with van der Waals surface area (Å²) in [5.41, 5.74) is 1.26. The molecular weight excluding hydrogens is 210 g/mol. The van der Waals surface area contributed by atoms with E-state index in [4.69, 9.17) is 0 Å². The van der Waals surface area contributed by atoms with E-state index in [1.165, 1.54) is 37.9 Å². The highest BCUT2D eigenvalue weighted by Crippen LogP contribution is 2.40. The van der Waals surface area contributed by atoms with Crippen molar-refractivity contribution in [1.29, 1.82) is 0 Å². The highest BCUT2D eigenvalue weighted by Gasteiger charge is 2.38. The van der Waals surface area contributed by atoms with Crippen molar-refractivity contribution in [2.75, 3.05) is 19.7 Å². The average molecular weight is 231 g/mol. The van der Waals surface area contributed by atoms with Crippen LogP contribution < -0.4 is 0 Å². The molecule has 2 fully saturated rings. The summed E-state index contributed by atoms with van der Waals surface area (Å²) in [6.07, 6.45) is 4.21. The first-order valence-corrected chi connectivity index (χ1v) is 6.78. The van der Waals surface area contributed by atoms with Crippen molar-refractivity contribution in [1.82, 2.24) is 4.90 Å². The average Bonchev–Trinajstić information content (AvgIpc) is 2.92. The fourth-order valence-corrected chi connectivity index (χ4v) is 3.63. The number of benzene rings is 1. The molecule has 1 aliphatic heterocycles.